The summed E-state index contributed by atoms with van der Waals surface area (Å²) in [5, 5.41) is 0. The average molecular weight is 505 g/mol. The number of likely N-dealkylation sites (tertiary alicyclic amines) is 1. The second-order valence-corrected chi connectivity index (χ2v) is 12.2. The highest BCUT2D eigenvalue weighted by Gasteiger charge is 2.43. The first-order valence-electron chi connectivity index (χ1n) is 12.9. The molecule has 3 aromatic rings. The van der Waals surface area contributed by atoms with Crippen molar-refractivity contribution in [2.45, 2.75) is 50.1 Å². The maximum atomic E-state index is 12.4. The van der Waals surface area contributed by atoms with Crippen LogP contribution in [0.2, 0.25) is 0 Å². The van der Waals surface area contributed by atoms with E-state index in [9.17, 15) is 8.42 Å². The van der Waals surface area contributed by atoms with Crippen molar-refractivity contribution in [3.8, 4) is 11.1 Å². The third-order valence-electron chi connectivity index (χ3n) is 7.96. The molecule has 6 heteroatoms. The highest BCUT2D eigenvalue weighted by Crippen LogP contribution is 2.47. The number of methoxy groups -OCH3 is 1. The van der Waals surface area contributed by atoms with Gasteiger partial charge in [0.15, 0.2) is 0 Å². The van der Waals surface area contributed by atoms with E-state index in [1.165, 1.54) is 48.6 Å². The minimum atomic E-state index is -3.42. The molecule has 36 heavy (non-hydrogen) atoms. The SMILES string of the molecule is COCCS(=O)(=O)Nc1cccc(C23CCCC(C2)N(Cc2ccc(-c4ccccc4)cc2)CC3)c1. The molecule has 190 valence electrons. The highest BCUT2D eigenvalue weighted by molar-refractivity contribution is 7.92. The topological polar surface area (TPSA) is 58.6 Å². The van der Waals surface area contributed by atoms with Gasteiger partial charge in [-0.3, -0.25) is 9.62 Å². The van der Waals surface area contributed by atoms with Crippen LogP contribution in [0.3, 0.4) is 0 Å². The number of nitrogens with zero attached hydrogens (tertiary/aromatic N) is 1. The Morgan fingerprint density at radius 2 is 1.75 bits per heavy atom. The van der Waals surface area contributed by atoms with Crippen molar-refractivity contribution in [1.29, 1.82) is 0 Å². The van der Waals surface area contributed by atoms with Gasteiger partial charge in [0.25, 0.3) is 0 Å². The largest absolute Gasteiger partial charge is 0.384 e. The van der Waals surface area contributed by atoms with Crippen LogP contribution in [0, 0.1) is 0 Å². The molecule has 1 aliphatic carbocycles. The molecule has 0 radical (unpaired) electrons. The molecule has 2 fully saturated rings. The summed E-state index contributed by atoms with van der Waals surface area (Å²) in [4.78, 5) is 2.66. The first kappa shape index (κ1) is 25.0. The van der Waals surface area contributed by atoms with Crippen LogP contribution in [0.1, 0.15) is 43.2 Å². The second kappa shape index (κ2) is 10.8. The van der Waals surface area contributed by atoms with Crippen molar-refractivity contribution in [3.05, 3.63) is 90.0 Å². The normalized spacial score (nSPS) is 22.3. The van der Waals surface area contributed by atoms with Crippen LogP contribution < -0.4 is 4.72 Å². The summed E-state index contributed by atoms with van der Waals surface area (Å²) in [6.07, 6.45) is 5.84. The standard InChI is InChI=1S/C30H36N2O3S/c1-35-19-20-36(33,34)31-28-10-5-9-27(21-28)30-16-6-11-29(22-30)32(18-17-30)23-24-12-14-26(15-13-24)25-7-3-2-4-8-25/h2-5,7-10,12-15,21,29,31H,6,11,16-20,22-23H2,1H3. The van der Waals surface area contributed by atoms with Gasteiger partial charge in [0.2, 0.25) is 10.0 Å². The number of piperidine rings is 1. The third-order valence-corrected chi connectivity index (χ3v) is 9.22. The Labute approximate surface area is 215 Å². The number of sulfonamides is 1. The van der Waals surface area contributed by atoms with Gasteiger partial charge in [-0.2, -0.15) is 0 Å². The predicted octanol–water partition coefficient (Wildman–Crippen LogP) is 5.83. The lowest BCUT2D eigenvalue weighted by Crippen LogP contribution is -2.51. The Bertz CT molecular complexity index is 1260. The van der Waals surface area contributed by atoms with E-state index in [4.69, 9.17) is 4.74 Å². The number of ether oxygens (including phenoxy) is 1. The molecule has 0 amide bonds. The van der Waals surface area contributed by atoms with Gasteiger partial charge >= 0.3 is 0 Å². The molecule has 1 saturated carbocycles. The molecule has 2 atom stereocenters. The molecule has 2 bridgehead atoms. The molecule has 2 aliphatic rings. The lowest BCUT2D eigenvalue weighted by atomic mass is 9.63. The summed E-state index contributed by atoms with van der Waals surface area (Å²) in [6.45, 7) is 2.23. The number of anilines is 1. The molecule has 2 unspecified atom stereocenters. The third kappa shape index (κ3) is 5.66. The zero-order valence-electron chi connectivity index (χ0n) is 21.0. The van der Waals surface area contributed by atoms with E-state index in [-0.39, 0.29) is 17.8 Å². The van der Waals surface area contributed by atoms with Gasteiger partial charge in [-0.05, 0) is 72.0 Å². The monoisotopic (exact) mass is 504 g/mol. The van der Waals surface area contributed by atoms with E-state index in [2.05, 4.69) is 76.4 Å². The molecule has 1 saturated heterocycles. The van der Waals surface area contributed by atoms with Crippen LogP contribution in [-0.4, -0.2) is 45.4 Å². The summed E-state index contributed by atoms with van der Waals surface area (Å²) in [6, 6.07) is 28.2. The Kier molecular flexibility index (Phi) is 7.47. The van der Waals surface area contributed by atoms with Crippen molar-refractivity contribution in [3.63, 3.8) is 0 Å². The van der Waals surface area contributed by atoms with Gasteiger partial charge in [-0.1, -0.05) is 73.2 Å². The zero-order chi connectivity index (χ0) is 25.0. The average Bonchev–Trinajstić information content (AvgIpc) is 2.90. The van der Waals surface area contributed by atoms with Gasteiger partial charge in [0, 0.05) is 25.4 Å². The number of benzene rings is 3. The number of hydrogen-bond acceptors (Lipinski definition) is 4. The van der Waals surface area contributed by atoms with E-state index in [1.54, 1.807) is 0 Å². The molecule has 0 spiro atoms. The lowest BCUT2D eigenvalue weighted by molar-refractivity contribution is 0.0459. The predicted molar refractivity (Wildman–Crippen MR) is 147 cm³/mol. The van der Waals surface area contributed by atoms with Crippen molar-refractivity contribution in [2.75, 3.05) is 30.7 Å². The zero-order valence-corrected chi connectivity index (χ0v) is 21.8. The van der Waals surface area contributed by atoms with E-state index in [0.29, 0.717) is 11.7 Å². The van der Waals surface area contributed by atoms with Crippen LogP contribution in [0.15, 0.2) is 78.9 Å². The Hall–Kier alpha value is -2.67. The number of rotatable bonds is 9. The summed E-state index contributed by atoms with van der Waals surface area (Å²) in [5.74, 6) is -0.0395. The molecular formula is C30H36N2O3S. The van der Waals surface area contributed by atoms with Gasteiger partial charge < -0.3 is 4.74 Å². The summed E-state index contributed by atoms with van der Waals surface area (Å²) in [7, 11) is -1.90. The quantitative estimate of drug-likeness (QED) is 0.398. The minimum absolute atomic E-state index is 0.0395. The van der Waals surface area contributed by atoms with Gasteiger partial charge in [-0.25, -0.2) is 8.42 Å². The lowest BCUT2D eigenvalue weighted by Gasteiger charge is -2.51. The Morgan fingerprint density at radius 1 is 0.972 bits per heavy atom. The van der Waals surface area contributed by atoms with Crippen molar-refractivity contribution >= 4 is 15.7 Å². The fourth-order valence-electron chi connectivity index (χ4n) is 6.03. The van der Waals surface area contributed by atoms with Gasteiger partial charge in [0.1, 0.15) is 0 Å². The molecule has 0 aromatic heterocycles. The number of fused-ring (bicyclic) bond motifs is 2. The smallest absolute Gasteiger partial charge is 0.234 e. The summed E-state index contributed by atoms with van der Waals surface area (Å²) < 4.78 is 32.4. The molecular weight excluding hydrogens is 468 g/mol. The fraction of sp³-hybridized carbons (Fsp3) is 0.400. The minimum Gasteiger partial charge on any atom is -0.384 e. The van der Waals surface area contributed by atoms with Crippen LogP contribution in [-0.2, 0) is 26.7 Å². The molecule has 3 aromatic carbocycles. The van der Waals surface area contributed by atoms with Crippen molar-refractivity contribution in [1.82, 2.24) is 4.90 Å². The fourth-order valence-corrected chi connectivity index (χ4v) is 7.00. The maximum Gasteiger partial charge on any atom is 0.234 e. The van der Waals surface area contributed by atoms with E-state index < -0.39 is 10.0 Å². The second-order valence-electron chi connectivity index (χ2n) is 10.3. The first-order valence-corrected chi connectivity index (χ1v) is 14.6. The molecule has 5 rings (SSSR count). The number of nitrogens with one attached hydrogen (secondary N) is 1. The Balaban J connectivity index is 1.27. The van der Waals surface area contributed by atoms with Crippen LogP contribution >= 0.6 is 0 Å². The molecule has 1 aliphatic heterocycles. The highest BCUT2D eigenvalue weighted by atomic mass is 32.2. The molecule has 1 heterocycles. The van der Waals surface area contributed by atoms with Gasteiger partial charge in [-0.15, -0.1) is 0 Å². The van der Waals surface area contributed by atoms with Crippen LogP contribution in [0.4, 0.5) is 5.69 Å². The molecule has 1 N–H and O–H groups in total. The van der Waals surface area contributed by atoms with Crippen LogP contribution in [0.25, 0.3) is 11.1 Å². The first-order chi connectivity index (χ1) is 17.5. The van der Waals surface area contributed by atoms with Gasteiger partial charge in [0.05, 0.1) is 12.4 Å². The van der Waals surface area contributed by atoms with E-state index >= 15 is 0 Å². The summed E-state index contributed by atoms with van der Waals surface area (Å²) in [5.41, 5.74) is 5.92. The van der Waals surface area contributed by atoms with E-state index in [0.717, 1.165) is 25.9 Å². The van der Waals surface area contributed by atoms with Crippen LogP contribution in [0.5, 0.6) is 0 Å². The van der Waals surface area contributed by atoms with E-state index in [1.807, 2.05) is 12.1 Å². The summed E-state index contributed by atoms with van der Waals surface area (Å²) >= 11 is 0. The number of hydrogen-bond donors (Lipinski definition) is 1. The Morgan fingerprint density at radius 3 is 2.53 bits per heavy atom. The maximum absolute atomic E-state index is 12.4. The van der Waals surface area contributed by atoms with Crippen molar-refractivity contribution < 1.29 is 13.2 Å². The van der Waals surface area contributed by atoms with Crippen molar-refractivity contribution in [2.24, 2.45) is 0 Å². The molecule has 5 nitrogen and oxygen atoms in total.